The van der Waals surface area contributed by atoms with Crippen molar-refractivity contribution in [2.75, 3.05) is 19.0 Å². The Hall–Kier alpha value is -0.680. The van der Waals surface area contributed by atoms with E-state index in [1.807, 2.05) is 20.9 Å². The van der Waals surface area contributed by atoms with Gasteiger partial charge >= 0.3 is 0 Å². The van der Waals surface area contributed by atoms with Gasteiger partial charge in [-0.3, -0.25) is 0 Å². The first-order valence-electron chi connectivity index (χ1n) is 5.47. The summed E-state index contributed by atoms with van der Waals surface area (Å²) in [5.41, 5.74) is 0.924. The number of nitrogens with one attached hydrogen (secondary N) is 1. The van der Waals surface area contributed by atoms with Gasteiger partial charge in [0, 0.05) is 13.7 Å². The lowest BCUT2D eigenvalue weighted by Gasteiger charge is -2.16. The van der Waals surface area contributed by atoms with Crippen molar-refractivity contribution < 1.29 is 4.74 Å². The van der Waals surface area contributed by atoms with E-state index in [0.29, 0.717) is 6.61 Å². The van der Waals surface area contributed by atoms with E-state index >= 15 is 0 Å². The molecule has 0 saturated heterocycles. The maximum Gasteiger partial charge on any atom is 0.159 e. The average Bonchev–Trinajstić information content (AvgIpc) is 2.29. The van der Waals surface area contributed by atoms with Crippen LogP contribution in [0.15, 0.2) is 4.47 Å². The highest BCUT2D eigenvalue weighted by molar-refractivity contribution is 9.10. The molecule has 0 bridgehead atoms. The van der Waals surface area contributed by atoms with Crippen molar-refractivity contribution in [1.82, 2.24) is 9.97 Å². The molecule has 1 aromatic heterocycles. The Kier molecular flexibility index (Phi) is 5.15. The van der Waals surface area contributed by atoms with Gasteiger partial charge in [0.15, 0.2) is 5.82 Å². The summed E-state index contributed by atoms with van der Waals surface area (Å²) in [6.45, 7) is 6.67. The number of rotatable bonds is 5. The number of aryl methyl sites for hydroxylation is 1. The summed E-state index contributed by atoms with van der Waals surface area (Å²) >= 11 is 3.46. The fourth-order valence-corrected chi connectivity index (χ4v) is 1.84. The highest BCUT2D eigenvalue weighted by Gasteiger charge is 2.16. The molecule has 0 spiro atoms. The number of aromatic nitrogens is 2. The lowest BCUT2D eigenvalue weighted by atomic mass is 10.2. The van der Waals surface area contributed by atoms with Crippen LogP contribution in [0, 0.1) is 6.92 Å². The lowest BCUT2D eigenvalue weighted by molar-refractivity contribution is 0.0534. The summed E-state index contributed by atoms with van der Waals surface area (Å²) in [6.07, 6.45) is 0.849. The van der Waals surface area contributed by atoms with E-state index in [2.05, 4.69) is 38.1 Å². The van der Waals surface area contributed by atoms with E-state index in [9.17, 15) is 0 Å². The van der Waals surface area contributed by atoms with Gasteiger partial charge in [0.1, 0.15) is 11.9 Å². The second-order valence-corrected chi connectivity index (χ2v) is 4.23. The lowest BCUT2D eigenvalue weighted by Crippen LogP contribution is -2.11. The van der Waals surface area contributed by atoms with Crippen LogP contribution in [0.5, 0.6) is 0 Å². The van der Waals surface area contributed by atoms with Crippen molar-refractivity contribution in [3.8, 4) is 0 Å². The summed E-state index contributed by atoms with van der Waals surface area (Å²) < 4.78 is 6.51. The Labute approximate surface area is 105 Å². The zero-order valence-electron chi connectivity index (χ0n) is 10.2. The molecule has 4 nitrogen and oxygen atoms in total. The SMILES string of the molecule is CCOC(CC)c1nc(C)c(Br)c(NC)n1. The van der Waals surface area contributed by atoms with Crippen molar-refractivity contribution >= 4 is 21.7 Å². The van der Waals surface area contributed by atoms with E-state index in [-0.39, 0.29) is 6.10 Å². The number of hydrogen-bond donors (Lipinski definition) is 1. The average molecular weight is 288 g/mol. The number of anilines is 1. The first kappa shape index (κ1) is 13.4. The second kappa shape index (κ2) is 6.15. The molecule has 0 amide bonds. The molecule has 1 rings (SSSR count). The standard InChI is InChI=1S/C11H18BrN3O/c1-5-8(16-6-2)10-14-7(3)9(12)11(13-4)15-10/h8H,5-6H2,1-4H3,(H,13,14,15). The third kappa shape index (κ3) is 2.92. The Bertz CT molecular complexity index is 357. The van der Waals surface area contributed by atoms with Gasteiger partial charge < -0.3 is 10.1 Å². The predicted molar refractivity (Wildman–Crippen MR) is 68.7 cm³/mol. The zero-order chi connectivity index (χ0) is 12.1. The fourth-order valence-electron chi connectivity index (χ4n) is 1.47. The number of ether oxygens (including phenoxy) is 1. The van der Waals surface area contributed by atoms with Gasteiger partial charge in [-0.2, -0.15) is 0 Å². The maximum absolute atomic E-state index is 5.60. The zero-order valence-corrected chi connectivity index (χ0v) is 11.8. The van der Waals surface area contributed by atoms with E-state index in [1.165, 1.54) is 0 Å². The minimum atomic E-state index is -0.0242. The topological polar surface area (TPSA) is 47.0 Å². The monoisotopic (exact) mass is 287 g/mol. The van der Waals surface area contributed by atoms with E-state index in [0.717, 1.165) is 28.2 Å². The Balaban J connectivity index is 3.08. The van der Waals surface area contributed by atoms with Crippen LogP contribution in [0.25, 0.3) is 0 Å². The van der Waals surface area contributed by atoms with Crippen LogP contribution in [0.1, 0.15) is 37.9 Å². The summed E-state index contributed by atoms with van der Waals surface area (Å²) in [5.74, 6) is 1.55. The Morgan fingerprint density at radius 3 is 2.56 bits per heavy atom. The van der Waals surface area contributed by atoms with E-state index < -0.39 is 0 Å². The Morgan fingerprint density at radius 1 is 1.38 bits per heavy atom. The molecule has 1 heterocycles. The van der Waals surface area contributed by atoms with Crippen LogP contribution >= 0.6 is 15.9 Å². The van der Waals surface area contributed by atoms with Crippen LogP contribution < -0.4 is 5.32 Å². The first-order valence-corrected chi connectivity index (χ1v) is 6.26. The van der Waals surface area contributed by atoms with Crippen molar-refractivity contribution in [2.45, 2.75) is 33.3 Å². The highest BCUT2D eigenvalue weighted by Crippen LogP contribution is 2.26. The third-order valence-corrected chi connectivity index (χ3v) is 3.25. The largest absolute Gasteiger partial charge is 0.372 e. The minimum absolute atomic E-state index is 0.0242. The molecule has 0 aliphatic carbocycles. The molecule has 0 radical (unpaired) electrons. The molecule has 16 heavy (non-hydrogen) atoms. The van der Waals surface area contributed by atoms with Gasteiger partial charge in [0.05, 0.1) is 10.2 Å². The molecule has 1 N–H and O–H groups in total. The molecule has 5 heteroatoms. The van der Waals surface area contributed by atoms with Gasteiger partial charge in [0.2, 0.25) is 0 Å². The van der Waals surface area contributed by atoms with Crippen LogP contribution in [0.4, 0.5) is 5.82 Å². The van der Waals surface area contributed by atoms with Crippen LogP contribution in [-0.4, -0.2) is 23.6 Å². The van der Waals surface area contributed by atoms with Gasteiger partial charge in [-0.05, 0) is 36.2 Å². The van der Waals surface area contributed by atoms with Gasteiger partial charge in [-0.25, -0.2) is 9.97 Å². The van der Waals surface area contributed by atoms with Crippen LogP contribution in [-0.2, 0) is 4.74 Å². The molecular formula is C11H18BrN3O. The molecule has 0 fully saturated rings. The number of hydrogen-bond acceptors (Lipinski definition) is 4. The summed E-state index contributed by atoms with van der Waals surface area (Å²) in [6, 6.07) is 0. The smallest absolute Gasteiger partial charge is 0.159 e. The predicted octanol–water partition coefficient (Wildman–Crippen LogP) is 3.08. The molecule has 1 unspecified atom stereocenters. The molecule has 0 aliphatic rings. The highest BCUT2D eigenvalue weighted by atomic mass is 79.9. The normalized spacial score (nSPS) is 12.6. The van der Waals surface area contributed by atoms with Crippen molar-refractivity contribution in [3.63, 3.8) is 0 Å². The maximum atomic E-state index is 5.60. The molecule has 1 aromatic rings. The third-order valence-electron chi connectivity index (χ3n) is 2.30. The van der Waals surface area contributed by atoms with Gasteiger partial charge in [-0.15, -0.1) is 0 Å². The first-order chi connectivity index (χ1) is 7.63. The van der Waals surface area contributed by atoms with Crippen molar-refractivity contribution in [1.29, 1.82) is 0 Å². The minimum Gasteiger partial charge on any atom is -0.372 e. The number of halogens is 1. The quantitative estimate of drug-likeness (QED) is 0.904. The fraction of sp³-hybridized carbons (Fsp3) is 0.636. The van der Waals surface area contributed by atoms with Crippen LogP contribution in [0.2, 0.25) is 0 Å². The molecule has 0 aliphatic heterocycles. The van der Waals surface area contributed by atoms with Gasteiger partial charge in [0.25, 0.3) is 0 Å². The van der Waals surface area contributed by atoms with E-state index in [4.69, 9.17) is 4.74 Å². The van der Waals surface area contributed by atoms with Crippen molar-refractivity contribution in [3.05, 3.63) is 16.0 Å². The molecule has 90 valence electrons. The number of nitrogens with zero attached hydrogens (tertiary/aromatic N) is 2. The van der Waals surface area contributed by atoms with Crippen LogP contribution in [0.3, 0.4) is 0 Å². The van der Waals surface area contributed by atoms with Crippen molar-refractivity contribution in [2.24, 2.45) is 0 Å². The Morgan fingerprint density at radius 2 is 2.06 bits per heavy atom. The molecule has 1 atom stereocenters. The van der Waals surface area contributed by atoms with E-state index in [1.54, 1.807) is 0 Å². The molecule has 0 saturated carbocycles. The molecular weight excluding hydrogens is 270 g/mol. The van der Waals surface area contributed by atoms with Gasteiger partial charge in [-0.1, -0.05) is 6.92 Å². The molecule has 0 aromatic carbocycles. The summed E-state index contributed by atoms with van der Waals surface area (Å²) in [7, 11) is 1.85. The second-order valence-electron chi connectivity index (χ2n) is 3.43. The summed E-state index contributed by atoms with van der Waals surface area (Å²) in [4.78, 5) is 8.90. The summed E-state index contributed by atoms with van der Waals surface area (Å²) in [5, 5.41) is 3.04.